The molecule has 2 aliphatic rings. The lowest BCUT2D eigenvalue weighted by Crippen LogP contribution is -2.65. The van der Waals surface area contributed by atoms with Crippen LogP contribution in [-0.2, 0) is 4.74 Å². The van der Waals surface area contributed by atoms with Gasteiger partial charge in [-0.2, -0.15) is 0 Å². The molecule has 4 atom stereocenters. The molecule has 1 aliphatic heterocycles. The van der Waals surface area contributed by atoms with E-state index in [4.69, 9.17) is 4.74 Å². The lowest BCUT2D eigenvalue weighted by molar-refractivity contribution is -0.253. The summed E-state index contributed by atoms with van der Waals surface area (Å²) in [6, 6.07) is 0. The van der Waals surface area contributed by atoms with E-state index in [1.54, 1.807) is 0 Å². The van der Waals surface area contributed by atoms with Crippen LogP contribution in [0.4, 0.5) is 0 Å². The van der Waals surface area contributed by atoms with Crippen molar-refractivity contribution in [2.24, 2.45) is 11.3 Å². The van der Waals surface area contributed by atoms with Gasteiger partial charge in [-0.05, 0) is 50.9 Å². The SMILES string of the molecule is CC1CCC2(O1)C(C)(O)CCC(C)C2(C)C. The summed E-state index contributed by atoms with van der Waals surface area (Å²) in [7, 11) is 0. The van der Waals surface area contributed by atoms with Gasteiger partial charge in [0.05, 0.1) is 11.7 Å². The first-order valence-electron chi connectivity index (χ1n) is 6.63. The van der Waals surface area contributed by atoms with Gasteiger partial charge in [-0.1, -0.05) is 20.8 Å². The molecule has 1 heterocycles. The molecule has 1 N–H and O–H groups in total. The first-order valence-corrected chi connectivity index (χ1v) is 6.63. The fraction of sp³-hybridized carbons (Fsp3) is 1.00. The monoisotopic (exact) mass is 226 g/mol. The van der Waals surface area contributed by atoms with E-state index in [-0.39, 0.29) is 17.1 Å². The molecule has 0 amide bonds. The van der Waals surface area contributed by atoms with E-state index in [0.717, 1.165) is 25.7 Å². The molecular weight excluding hydrogens is 200 g/mol. The van der Waals surface area contributed by atoms with Gasteiger partial charge in [-0.25, -0.2) is 0 Å². The Morgan fingerprint density at radius 2 is 1.69 bits per heavy atom. The van der Waals surface area contributed by atoms with E-state index >= 15 is 0 Å². The minimum Gasteiger partial charge on any atom is -0.387 e. The lowest BCUT2D eigenvalue weighted by atomic mass is 9.53. The smallest absolute Gasteiger partial charge is 0.102 e. The van der Waals surface area contributed by atoms with Gasteiger partial charge >= 0.3 is 0 Å². The number of hydrogen-bond donors (Lipinski definition) is 1. The van der Waals surface area contributed by atoms with Gasteiger partial charge < -0.3 is 9.84 Å². The van der Waals surface area contributed by atoms with Crippen LogP contribution in [0.5, 0.6) is 0 Å². The number of ether oxygens (including phenoxy) is 1. The molecule has 1 spiro atoms. The third-order valence-electron chi connectivity index (χ3n) is 5.51. The van der Waals surface area contributed by atoms with Crippen LogP contribution >= 0.6 is 0 Å². The summed E-state index contributed by atoms with van der Waals surface area (Å²) >= 11 is 0. The fourth-order valence-electron chi connectivity index (χ4n) is 3.89. The van der Waals surface area contributed by atoms with Gasteiger partial charge in [0.15, 0.2) is 0 Å². The average Bonchev–Trinajstić information content (AvgIpc) is 2.57. The molecule has 0 radical (unpaired) electrons. The van der Waals surface area contributed by atoms with Crippen molar-refractivity contribution in [3.8, 4) is 0 Å². The first-order chi connectivity index (χ1) is 7.23. The molecule has 1 saturated carbocycles. The third-order valence-corrected chi connectivity index (χ3v) is 5.51. The minimum atomic E-state index is -0.673. The van der Waals surface area contributed by atoms with Crippen molar-refractivity contribution in [1.82, 2.24) is 0 Å². The van der Waals surface area contributed by atoms with Crippen molar-refractivity contribution in [3.05, 3.63) is 0 Å². The Hall–Kier alpha value is -0.0800. The topological polar surface area (TPSA) is 29.5 Å². The van der Waals surface area contributed by atoms with Crippen LogP contribution in [0.15, 0.2) is 0 Å². The Bertz CT molecular complexity index is 282. The number of hydrogen-bond acceptors (Lipinski definition) is 2. The first kappa shape index (κ1) is 12.4. The van der Waals surface area contributed by atoms with Crippen LogP contribution in [0.25, 0.3) is 0 Å². The maximum atomic E-state index is 10.8. The largest absolute Gasteiger partial charge is 0.387 e. The highest BCUT2D eigenvalue weighted by Crippen LogP contribution is 2.59. The lowest BCUT2D eigenvalue weighted by Gasteiger charge is -2.58. The summed E-state index contributed by atoms with van der Waals surface area (Å²) < 4.78 is 6.24. The molecule has 2 fully saturated rings. The zero-order chi connectivity index (χ0) is 12.2. The molecule has 0 aromatic rings. The average molecular weight is 226 g/mol. The molecule has 0 bridgehead atoms. The molecule has 1 aliphatic carbocycles. The molecule has 0 aromatic carbocycles. The van der Waals surface area contributed by atoms with Crippen LogP contribution in [0.1, 0.15) is 60.3 Å². The second-order valence-electron chi connectivity index (χ2n) is 6.73. The molecule has 4 unspecified atom stereocenters. The van der Waals surface area contributed by atoms with Gasteiger partial charge in [0, 0.05) is 0 Å². The Balaban J connectivity index is 2.43. The summed E-state index contributed by atoms with van der Waals surface area (Å²) in [6.07, 6.45) is 4.32. The van der Waals surface area contributed by atoms with Crippen LogP contribution < -0.4 is 0 Å². The van der Waals surface area contributed by atoms with Crippen molar-refractivity contribution in [1.29, 1.82) is 0 Å². The van der Waals surface area contributed by atoms with Crippen LogP contribution in [0, 0.1) is 11.3 Å². The standard InChI is InChI=1S/C14H26O2/c1-10-6-8-13(5,15)14(12(10,3)4)9-7-11(2)16-14/h10-11,15H,6-9H2,1-5H3. The second-order valence-corrected chi connectivity index (χ2v) is 6.73. The summed E-state index contributed by atoms with van der Waals surface area (Å²) in [6.45, 7) is 10.9. The van der Waals surface area contributed by atoms with Crippen molar-refractivity contribution in [3.63, 3.8) is 0 Å². The van der Waals surface area contributed by atoms with Crippen molar-refractivity contribution in [2.75, 3.05) is 0 Å². The summed E-state index contributed by atoms with van der Waals surface area (Å²) in [4.78, 5) is 0. The Kier molecular flexibility index (Phi) is 2.67. The maximum Gasteiger partial charge on any atom is 0.102 e. The normalized spacial score (nSPS) is 52.1. The Morgan fingerprint density at radius 3 is 2.19 bits per heavy atom. The second kappa shape index (κ2) is 3.46. The Labute approximate surface area is 99.4 Å². The summed E-state index contributed by atoms with van der Waals surface area (Å²) in [5, 5.41) is 10.8. The maximum absolute atomic E-state index is 10.8. The third kappa shape index (κ3) is 1.39. The zero-order valence-corrected chi connectivity index (χ0v) is 11.3. The molecule has 2 nitrogen and oxygen atoms in total. The van der Waals surface area contributed by atoms with Gasteiger partial charge in [0.1, 0.15) is 5.60 Å². The van der Waals surface area contributed by atoms with E-state index in [0.29, 0.717) is 5.92 Å². The van der Waals surface area contributed by atoms with Crippen LogP contribution in [-0.4, -0.2) is 22.4 Å². The molecule has 2 rings (SSSR count). The van der Waals surface area contributed by atoms with Crippen LogP contribution in [0.3, 0.4) is 0 Å². The molecule has 0 aromatic heterocycles. The van der Waals surface area contributed by atoms with E-state index in [9.17, 15) is 5.11 Å². The quantitative estimate of drug-likeness (QED) is 0.687. The number of rotatable bonds is 0. The van der Waals surface area contributed by atoms with E-state index in [1.807, 2.05) is 6.92 Å². The van der Waals surface area contributed by atoms with Gasteiger partial charge in [0.2, 0.25) is 0 Å². The molecule has 94 valence electrons. The highest BCUT2D eigenvalue weighted by Gasteiger charge is 2.64. The van der Waals surface area contributed by atoms with Crippen molar-refractivity contribution in [2.45, 2.75) is 77.6 Å². The van der Waals surface area contributed by atoms with Crippen molar-refractivity contribution >= 4 is 0 Å². The van der Waals surface area contributed by atoms with Crippen molar-refractivity contribution < 1.29 is 9.84 Å². The molecular formula is C14H26O2. The predicted molar refractivity (Wildman–Crippen MR) is 65.3 cm³/mol. The Morgan fingerprint density at radius 1 is 1.06 bits per heavy atom. The summed E-state index contributed by atoms with van der Waals surface area (Å²) in [5.41, 5.74) is -0.954. The summed E-state index contributed by atoms with van der Waals surface area (Å²) in [5.74, 6) is 0.609. The minimum absolute atomic E-state index is 0.0551. The van der Waals surface area contributed by atoms with Gasteiger partial charge in [-0.15, -0.1) is 0 Å². The fourth-order valence-corrected chi connectivity index (χ4v) is 3.89. The van der Waals surface area contributed by atoms with E-state index < -0.39 is 5.60 Å². The zero-order valence-electron chi connectivity index (χ0n) is 11.3. The molecule has 16 heavy (non-hydrogen) atoms. The van der Waals surface area contributed by atoms with Gasteiger partial charge in [0.25, 0.3) is 0 Å². The predicted octanol–water partition coefficient (Wildman–Crippen LogP) is 3.13. The molecule has 2 heteroatoms. The van der Waals surface area contributed by atoms with Crippen LogP contribution in [0.2, 0.25) is 0 Å². The van der Waals surface area contributed by atoms with E-state index in [2.05, 4.69) is 27.7 Å². The highest BCUT2D eigenvalue weighted by atomic mass is 16.5. The molecule has 1 saturated heterocycles. The number of aliphatic hydroxyl groups is 1. The highest BCUT2D eigenvalue weighted by molar-refractivity contribution is 5.14. The van der Waals surface area contributed by atoms with E-state index in [1.165, 1.54) is 0 Å². The van der Waals surface area contributed by atoms with Gasteiger partial charge in [-0.3, -0.25) is 0 Å².